The quantitative estimate of drug-likeness (QED) is 0.769. The summed E-state index contributed by atoms with van der Waals surface area (Å²) in [5, 5.41) is 6.84. The molecule has 0 spiro atoms. The van der Waals surface area contributed by atoms with Gasteiger partial charge in [0.05, 0.1) is 5.60 Å². The number of anilines is 2. The zero-order valence-corrected chi connectivity index (χ0v) is 13.9. The van der Waals surface area contributed by atoms with E-state index in [4.69, 9.17) is 14.7 Å². The normalized spacial score (nSPS) is 15.1. The molecule has 118 valence electrons. The Balaban J connectivity index is 2.19. The van der Waals surface area contributed by atoms with Gasteiger partial charge in [-0.2, -0.15) is 0 Å². The predicted octanol–water partition coefficient (Wildman–Crippen LogP) is 3.32. The third-order valence-corrected chi connectivity index (χ3v) is 3.88. The zero-order valence-electron chi connectivity index (χ0n) is 13.9. The fourth-order valence-electron chi connectivity index (χ4n) is 2.01. The first-order chi connectivity index (χ1) is 9.96. The van der Waals surface area contributed by atoms with Gasteiger partial charge in [-0.15, -0.1) is 0 Å². The summed E-state index contributed by atoms with van der Waals surface area (Å²) in [5.41, 5.74) is 0.869. The number of aromatic nitrogens is 2. The van der Waals surface area contributed by atoms with Crippen LogP contribution in [-0.4, -0.2) is 35.8 Å². The van der Waals surface area contributed by atoms with Crippen LogP contribution in [0.25, 0.3) is 0 Å². The van der Waals surface area contributed by atoms with Crippen LogP contribution >= 0.6 is 0 Å². The Morgan fingerprint density at radius 3 is 2.33 bits per heavy atom. The van der Waals surface area contributed by atoms with Crippen LogP contribution in [0.5, 0.6) is 0 Å². The van der Waals surface area contributed by atoms with E-state index in [0.29, 0.717) is 5.92 Å². The topological polar surface area (TPSA) is 59.1 Å². The SMILES string of the molecule is CCCNc1nc(C2CC2)nc(NCC(C)(C)OC)c1C. The second-order valence-corrected chi connectivity index (χ2v) is 6.42. The smallest absolute Gasteiger partial charge is 0.136 e. The van der Waals surface area contributed by atoms with Crippen molar-refractivity contribution in [1.82, 2.24) is 9.97 Å². The minimum absolute atomic E-state index is 0.214. The lowest BCUT2D eigenvalue weighted by molar-refractivity contribution is 0.0343. The number of rotatable bonds is 8. The predicted molar refractivity (Wildman–Crippen MR) is 87.1 cm³/mol. The van der Waals surface area contributed by atoms with E-state index in [1.807, 2.05) is 0 Å². The number of methoxy groups -OCH3 is 1. The molecule has 0 atom stereocenters. The summed E-state index contributed by atoms with van der Waals surface area (Å²) < 4.78 is 5.46. The van der Waals surface area contributed by atoms with Gasteiger partial charge in [0.2, 0.25) is 0 Å². The van der Waals surface area contributed by atoms with Crippen molar-refractivity contribution < 1.29 is 4.74 Å². The van der Waals surface area contributed by atoms with Gasteiger partial charge in [-0.05, 0) is 40.0 Å². The molecule has 0 amide bonds. The number of nitrogens with zero attached hydrogens (tertiary/aromatic N) is 2. The maximum Gasteiger partial charge on any atom is 0.136 e. The molecule has 1 aromatic rings. The molecular weight excluding hydrogens is 264 g/mol. The molecule has 2 N–H and O–H groups in total. The van der Waals surface area contributed by atoms with Gasteiger partial charge in [0.25, 0.3) is 0 Å². The van der Waals surface area contributed by atoms with Crippen molar-refractivity contribution in [2.45, 2.75) is 58.5 Å². The zero-order chi connectivity index (χ0) is 15.5. The van der Waals surface area contributed by atoms with Crippen LogP contribution in [-0.2, 0) is 4.74 Å². The molecule has 0 aromatic carbocycles. The molecular formula is C16H28N4O. The van der Waals surface area contributed by atoms with Crippen molar-refractivity contribution in [3.63, 3.8) is 0 Å². The van der Waals surface area contributed by atoms with E-state index in [0.717, 1.165) is 42.5 Å². The van der Waals surface area contributed by atoms with Crippen molar-refractivity contribution in [2.75, 3.05) is 30.8 Å². The molecule has 5 heteroatoms. The standard InChI is InChI=1S/C16H28N4O/c1-6-9-17-13-11(2)14(18-10-16(3,4)21-5)20-15(19-13)12-7-8-12/h12H,6-10H2,1-5H3,(H2,17,18,19,20). The summed E-state index contributed by atoms with van der Waals surface area (Å²) in [6.07, 6.45) is 3.50. The monoisotopic (exact) mass is 292 g/mol. The fraction of sp³-hybridized carbons (Fsp3) is 0.750. The molecule has 0 unspecified atom stereocenters. The highest BCUT2D eigenvalue weighted by molar-refractivity contribution is 5.57. The number of hydrogen-bond donors (Lipinski definition) is 2. The van der Waals surface area contributed by atoms with E-state index in [1.165, 1.54) is 12.8 Å². The minimum atomic E-state index is -0.214. The van der Waals surface area contributed by atoms with E-state index < -0.39 is 0 Å². The molecule has 1 aromatic heterocycles. The summed E-state index contributed by atoms with van der Waals surface area (Å²) in [4.78, 5) is 9.43. The Bertz CT molecular complexity index is 483. The highest BCUT2D eigenvalue weighted by atomic mass is 16.5. The summed E-state index contributed by atoms with van der Waals surface area (Å²) in [6, 6.07) is 0. The van der Waals surface area contributed by atoms with Crippen LogP contribution in [0.4, 0.5) is 11.6 Å². The van der Waals surface area contributed by atoms with Crippen molar-refractivity contribution in [3.05, 3.63) is 11.4 Å². The number of nitrogens with one attached hydrogen (secondary N) is 2. The second kappa shape index (κ2) is 6.60. The number of hydrogen-bond acceptors (Lipinski definition) is 5. The highest BCUT2D eigenvalue weighted by Gasteiger charge is 2.28. The van der Waals surface area contributed by atoms with Gasteiger partial charge in [-0.1, -0.05) is 6.92 Å². The van der Waals surface area contributed by atoms with E-state index in [-0.39, 0.29) is 5.60 Å². The lowest BCUT2D eigenvalue weighted by Gasteiger charge is -2.24. The molecule has 1 aliphatic carbocycles. The molecule has 1 saturated carbocycles. The average molecular weight is 292 g/mol. The molecule has 1 fully saturated rings. The van der Waals surface area contributed by atoms with Crippen LogP contribution < -0.4 is 10.6 Å². The van der Waals surface area contributed by atoms with Crippen LogP contribution in [0.2, 0.25) is 0 Å². The summed E-state index contributed by atoms with van der Waals surface area (Å²) >= 11 is 0. The van der Waals surface area contributed by atoms with Gasteiger partial charge in [0.15, 0.2) is 0 Å². The summed E-state index contributed by atoms with van der Waals surface area (Å²) in [7, 11) is 1.73. The van der Waals surface area contributed by atoms with Gasteiger partial charge in [0.1, 0.15) is 17.5 Å². The summed E-state index contributed by atoms with van der Waals surface area (Å²) in [5.74, 6) is 3.41. The third kappa shape index (κ3) is 4.30. The first-order valence-corrected chi connectivity index (χ1v) is 7.88. The maximum atomic E-state index is 5.46. The molecule has 0 bridgehead atoms. The average Bonchev–Trinajstić information content (AvgIpc) is 3.29. The minimum Gasteiger partial charge on any atom is -0.377 e. The molecule has 0 aliphatic heterocycles. The van der Waals surface area contributed by atoms with E-state index in [9.17, 15) is 0 Å². The fourth-order valence-corrected chi connectivity index (χ4v) is 2.01. The lowest BCUT2D eigenvalue weighted by atomic mass is 10.1. The molecule has 2 rings (SSSR count). The molecule has 0 radical (unpaired) electrons. The van der Waals surface area contributed by atoms with Gasteiger partial charge < -0.3 is 15.4 Å². The summed E-state index contributed by atoms with van der Waals surface area (Å²) in [6.45, 7) is 10.0. The Kier molecular flexibility index (Phi) is 5.04. The Morgan fingerprint density at radius 2 is 1.81 bits per heavy atom. The highest BCUT2D eigenvalue weighted by Crippen LogP contribution is 2.39. The van der Waals surface area contributed by atoms with Crippen molar-refractivity contribution in [3.8, 4) is 0 Å². The largest absolute Gasteiger partial charge is 0.377 e. The van der Waals surface area contributed by atoms with Crippen molar-refractivity contribution >= 4 is 11.6 Å². The second-order valence-electron chi connectivity index (χ2n) is 6.42. The first kappa shape index (κ1) is 16.0. The molecule has 1 aliphatic rings. The van der Waals surface area contributed by atoms with E-state index in [1.54, 1.807) is 7.11 Å². The van der Waals surface area contributed by atoms with Crippen LogP contribution in [0.1, 0.15) is 57.3 Å². The van der Waals surface area contributed by atoms with Crippen molar-refractivity contribution in [1.29, 1.82) is 0 Å². The van der Waals surface area contributed by atoms with Crippen LogP contribution in [0.3, 0.4) is 0 Å². The van der Waals surface area contributed by atoms with Crippen LogP contribution in [0.15, 0.2) is 0 Å². The Morgan fingerprint density at radius 1 is 1.19 bits per heavy atom. The molecule has 1 heterocycles. The van der Waals surface area contributed by atoms with Crippen molar-refractivity contribution in [2.24, 2.45) is 0 Å². The van der Waals surface area contributed by atoms with Gasteiger partial charge in [-0.3, -0.25) is 0 Å². The molecule has 5 nitrogen and oxygen atoms in total. The molecule has 0 saturated heterocycles. The van der Waals surface area contributed by atoms with Gasteiger partial charge in [0, 0.05) is 31.7 Å². The molecule has 21 heavy (non-hydrogen) atoms. The number of ether oxygens (including phenoxy) is 1. The lowest BCUT2D eigenvalue weighted by Crippen LogP contribution is -2.32. The maximum absolute atomic E-state index is 5.46. The third-order valence-electron chi connectivity index (χ3n) is 3.88. The van der Waals surface area contributed by atoms with E-state index >= 15 is 0 Å². The van der Waals surface area contributed by atoms with E-state index in [2.05, 4.69) is 38.3 Å². The van der Waals surface area contributed by atoms with Gasteiger partial charge in [-0.25, -0.2) is 9.97 Å². The first-order valence-electron chi connectivity index (χ1n) is 7.88. The Labute approximate surface area is 127 Å². The Hall–Kier alpha value is -1.36. The van der Waals surface area contributed by atoms with Gasteiger partial charge >= 0.3 is 0 Å². The van der Waals surface area contributed by atoms with Crippen LogP contribution in [0, 0.1) is 6.92 Å².